The van der Waals surface area contributed by atoms with E-state index in [0.717, 1.165) is 16.2 Å². The summed E-state index contributed by atoms with van der Waals surface area (Å²) in [6.07, 6.45) is 0.900. The van der Waals surface area contributed by atoms with Crippen LogP contribution in [0.4, 0.5) is 0 Å². The van der Waals surface area contributed by atoms with E-state index in [9.17, 15) is 9.59 Å². The summed E-state index contributed by atoms with van der Waals surface area (Å²) in [5, 5.41) is 3.54. The maximum absolute atomic E-state index is 13.1. The molecule has 0 aliphatic rings. The zero-order valence-electron chi connectivity index (χ0n) is 17.7. The number of amides is 2. The zero-order valence-corrected chi connectivity index (χ0v) is 19.3. The summed E-state index contributed by atoms with van der Waals surface area (Å²) < 4.78 is 5.21. The molecule has 1 unspecified atom stereocenters. The van der Waals surface area contributed by atoms with Gasteiger partial charge in [-0.25, -0.2) is 0 Å². The first-order valence-electron chi connectivity index (χ1n) is 10.1. The molecule has 30 heavy (non-hydrogen) atoms. The van der Waals surface area contributed by atoms with Crippen molar-refractivity contribution in [1.29, 1.82) is 0 Å². The van der Waals surface area contributed by atoms with Crippen molar-refractivity contribution in [2.75, 3.05) is 19.4 Å². The minimum Gasteiger partial charge on any atom is -0.497 e. The number of carbonyl (C=O) groups excluding carboxylic acids is 2. The summed E-state index contributed by atoms with van der Waals surface area (Å²) in [7, 11) is 1.62. The smallest absolute Gasteiger partial charge is 0.242 e. The number of nitrogens with zero attached hydrogens (tertiary/aromatic N) is 1. The lowest BCUT2D eigenvalue weighted by Gasteiger charge is -2.30. The molecule has 0 aromatic heterocycles. The molecule has 2 aromatic rings. The summed E-state index contributed by atoms with van der Waals surface area (Å²) >= 11 is 7.52. The molecule has 162 valence electrons. The van der Waals surface area contributed by atoms with Crippen LogP contribution < -0.4 is 10.1 Å². The van der Waals surface area contributed by atoms with Crippen LogP contribution in [0.25, 0.3) is 0 Å². The maximum atomic E-state index is 13.1. The van der Waals surface area contributed by atoms with Crippen LogP contribution >= 0.6 is 23.4 Å². The van der Waals surface area contributed by atoms with E-state index in [1.807, 2.05) is 62.4 Å². The number of benzene rings is 2. The molecule has 0 aliphatic carbocycles. The van der Waals surface area contributed by atoms with Crippen LogP contribution in [0.1, 0.15) is 32.3 Å². The van der Waals surface area contributed by atoms with E-state index >= 15 is 0 Å². The highest BCUT2D eigenvalue weighted by molar-refractivity contribution is 7.99. The molecule has 7 heteroatoms. The Morgan fingerprint density at radius 3 is 2.33 bits per heavy atom. The van der Waals surface area contributed by atoms with Crippen molar-refractivity contribution in [2.24, 2.45) is 0 Å². The number of methoxy groups -OCH3 is 1. The number of carbonyl (C=O) groups is 2. The molecule has 2 aromatic carbocycles. The van der Waals surface area contributed by atoms with Gasteiger partial charge in [0, 0.05) is 35.2 Å². The molecule has 0 aliphatic heterocycles. The van der Waals surface area contributed by atoms with E-state index in [0.29, 0.717) is 36.7 Å². The fraction of sp³-hybridized carbons (Fsp3) is 0.391. The highest BCUT2D eigenvalue weighted by Gasteiger charge is 2.28. The molecule has 2 amide bonds. The number of nitrogens with one attached hydrogen (secondary N) is 1. The normalized spacial score (nSPS) is 11.6. The number of likely N-dealkylation sites (N-methyl/N-ethyl adjacent to an activating group) is 1. The van der Waals surface area contributed by atoms with Crippen molar-refractivity contribution in [3.63, 3.8) is 0 Å². The molecule has 0 saturated carbocycles. The van der Waals surface area contributed by atoms with E-state index in [-0.39, 0.29) is 11.8 Å². The zero-order chi connectivity index (χ0) is 21.9. The Balaban J connectivity index is 2.10. The fourth-order valence-electron chi connectivity index (χ4n) is 3.07. The number of ether oxygens (including phenoxy) is 1. The van der Waals surface area contributed by atoms with E-state index in [1.54, 1.807) is 23.8 Å². The molecule has 2 rings (SSSR count). The van der Waals surface area contributed by atoms with Gasteiger partial charge in [0.05, 0.1) is 7.11 Å². The van der Waals surface area contributed by atoms with Crippen LogP contribution in [0.15, 0.2) is 53.4 Å². The van der Waals surface area contributed by atoms with E-state index in [1.165, 1.54) is 0 Å². The summed E-state index contributed by atoms with van der Waals surface area (Å²) in [5.41, 5.74) is 0.956. The van der Waals surface area contributed by atoms with Gasteiger partial charge < -0.3 is 15.0 Å². The fourth-order valence-corrected chi connectivity index (χ4v) is 4.04. The van der Waals surface area contributed by atoms with Crippen molar-refractivity contribution < 1.29 is 14.3 Å². The quantitative estimate of drug-likeness (QED) is 0.503. The van der Waals surface area contributed by atoms with Crippen molar-refractivity contribution in [3.05, 3.63) is 59.1 Å². The minimum absolute atomic E-state index is 0.0367. The summed E-state index contributed by atoms with van der Waals surface area (Å²) in [4.78, 5) is 28.5. The van der Waals surface area contributed by atoms with E-state index in [2.05, 4.69) is 5.32 Å². The molecule has 0 spiro atoms. The van der Waals surface area contributed by atoms with Gasteiger partial charge in [-0.2, -0.15) is 0 Å². The third-order valence-electron chi connectivity index (χ3n) is 4.65. The summed E-state index contributed by atoms with van der Waals surface area (Å²) in [6, 6.07) is 14.6. The number of thioether (sulfide) groups is 1. The van der Waals surface area contributed by atoms with Gasteiger partial charge in [0.25, 0.3) is 0 Å². The Kier molecular flexibility index (Phi) is 10.0. The average molecular weight is 449 g/mol. The molecule has 1 atom stereocenters. The molecule has 0 fully saturated rings. The largest absolute Gasteiger partial charge is 0.497 e. The highest BCUT2D eigenvalue weighted by atomic mass is 35.5. The second-order valence-electron chi connectivity index (χ2n) is 6.74. The first-order valence-corrected chi connectivity index (χ1v) is 11.4. The number of halogens is 1. The lowest BCUT2D eigenvalue weighted by atomic mass is 10.1. The topological polar surface area (TPSA) is 58.6 Å². The van der Waals surface area contributed by atoms with Crippen molar-refractivity contribution in [2.45, 2.75) is 44.2 Å². The van der Waals surface area contributed by atoms with Crippen LogP contribution in [-0.4, -0.2) is 42.2 Å². The Morgan fingerprint density at radius 2 is 1.77 bits per heavy atom. The van der Waals surface area contributed by atoms with Gasteiger partial charge in [0.1, 0.15) is 11.8 Å². The van der Waals surface area contributed by atoms with Crippen molar-refractivity contribution in [1.82, 2.24) is 10.2 Å². The van der Waals surface area contributed by atoms with Crippen LogP contribution in [0.2, 0.25) is 5.02 Å². The molecule has 5 nitrogen and oxygen atoms in total. The average Bonchev–Trinajstić information content (AvgIpc) is 2.75. The second-order valence-corrected chi connectivity index (χ2v) is 8.35. The standard InChI is InChI=1S/C23H29ClN2O3S/c1-4-21(23(28)25-5-2)26(16-17-6-10-19(29-3)11-7-17)22(27)14-15-30-20-12-8-18(24)9-13-20/h6-13,21H,4-5,14-16H2,1-3H3,(H,25,28). The predicted octanol–water partition coefficient (Wildman–Crippen LogP) is 4.77. The van der Waals surface area contributed by atoms with Crippen LogP contribution in [0, 0.1) is 0 Å². The number of hydrogen-bond acceptors (Lipinski definition) is 4. The first-order chi connectivity index (χ1) is 14.5. The molecule has 0 bridgehead atoms. The monoisotopic (exact) mass is 448 g/mol. The predicted molar refractivity (Wildman–Crippen MR) is 123 cm³/mol. The summed E-state index contributed by atoms with van der Waals surface area (Å²) in [5.74, 6) is 1.23. The van der Waals surface area contributed by atoms with Gasteiger partial charge in [-0.15, -0.1) is 11.8 Å². The molecule has 0 heterocycles. The molecule has 0 radical (unpaired) electrons. The van der Waals surface area contributed by atoms with Crippen LogP contribution in [0.3, 0.4) is 0 Å². The third-order valence-corrected chi connectivity index (χ3v) is 5.91. The lowest BCUT2D eigenvalue weighted by molar-refractivity contribution is -0.141. The Labute approximate surface area is 188 Å². The van der Waals surface area contributed by atoms with E-state index < -0.39 is 6.04 Å². The number of hydrogen-bond donors (Lipinski definition) is 1. The number of rotatable bonds is 11. The SMILES string of the molecule is CCNC(=O)C(CC)N(Cc1ccc(OC)cc1)C(=O)CCSc1ccc(Cl)cc1. The third kappa shape index (κ3) is 7.26. The second kappa shape index (κ2) is 12.5. The maximum Gasteiger partial charge on any atom is 0.242 e. The van der Waals surface area contributed by atoms with E-state index in [4.69, 9.17) is 16.3 Å². The van der Waals surface area contributed by atoms with Gasteiger partial charge in [-0.1, -0.05) is 30.7 Å². The first kappa shape index (κ1) is 24.1. The van der Waals surface area contributed by atoms with Gasteiger partial charge >= 0.3 is 0 Å². The molecular formula is C23H29ClN2O3S. The van der Waals surface area contributed by atoms with Gasteiger partial charge in [0.15, 0.2) is 0 Å². The van der Waals surface area contributed by atoms with Gasteiger partial charge in [0.2, 0.25) is 11.8 Å². The van der Waals surface area contributed by atoms with Gasteiger partial charge in [-0.05, 0) is 55.3 Å². The lowest BCUT2D eigenvalue weighted by Crippen LogP contribution is -2.49. The van der Waals surface area contributed by atoms with Crippen molar-refractivity contribution >= 4 is 35.2 Å². The Hall–Kier alpha value is -2.18. The highest BCUT2D eigenvalue weighted by Crippen LogP contribution is 2.22. The van der Waals surface area contributed by atoms with Gasteiger partial charge in [-0.3, -0.25) is 9.59 Å². The molecule has 1 N–H and O–H groups in total. The summed E-state index contributed by atoms with van der Waals surface area (Å²) in [6.45, 7) is 4.72. The Bertz CT molecular complexity index is 812. The molecular weight excluding hydrogens is 420 g/mol. The molecule has 0 saturated heterocycles. The van der Waals surface area contributed by atoms with Crippen LogP contribution in [-0.2, 0) is 16.1 Å². The van der Waals surface area contributed by atoms with Crippen molar-refractivity contribution in [3.8, 4) is 5.75 Å². The minimum atomic E-state index is -0.500. The van der Waals surface area contributed by atoms with Crippen LogP contribution in [0.5, 0.6) is 5.75 Å². The Morgan fingerprint density at radius 1 is 1.10 bits per heavy atom.